The number of nitrogens with one attached hydrogen (secondary N) is 1. The number of aliphatic carboxylic acids is 1. The molecule has 1 atom stereocenters. The summed E-state index contributed by atoms with van der Waals surface area (Å²) < 4.78 is 27.4. The standard InChI is InChI=1S/C32H27ClFNO5S/c1-19(21-4-3-5-25(34)16-21)40-31(38)35-41-29-18-24(33)11-13-27(29)22-8-12-26(28(17-22)39-2)20-6-9-23(10-7-20)32(14-15-32)30(36)37/h3-13,16-19H,14-15H2,1-2H3,(H,35,38)(H,36,37)/t19-/m1/s1. The van der Waals surface area contributed by atoms with Crippen molar-refractivity contribution in [3.8, 4) is 28.0 Å². The monoisotopic (exact) mass is 591 g/mol. The lowest BCUT2D eigenvalue weighted by molar-refractivity contribution is -0.140. The van der Waals surface area contributed by atoms with Crippen molar-refractivity contribution in [1.82, 2.24) is 4.72 Å². The van der Waals surface area contributed by atoms with E-state index in [1.807, 2.05) is 48.5 Å². The summed E-state index contributed by atoms with van der Waals surface area (Å²) in [6, 6.07) is 24.6. The molecule has 1 aliphatic carbocycles. The molecule has 4 aromatic carbocycles. The highest BCUT2D eigenvalue weighted by atomic mass is 35.5. The third-order valence-electron chi connectivity index (χ3n) is 7.21. The zero-order valence-electron chi connectivity index (χ0n) is 22.3. The number of carbonyl (C=O) groups is 2. The number of halogens is 2. The smallest absolute Gasteiger partial charge is 0.418 e. The molecule has 0 aromatic heterocycles. The van der Waals surface area contributed by atoms with E-state index < -0.39 is 29.4 Å². The van der Waals surface area contributed by atoms with E-state index in [0.29, 0.717) is 34.1 Å². The normalized spacial score (nSPS) is 14.1. The van der Waals surface area contributed by atoms with Crippen molar-refractivity contribution in [3.63, 3.8) is 0 Å². The molecule has 4 aromatic rings. The van der Waals surface area contributed by atoms with Crippen molar-refractivity contribution in [2.75, 3.05) is 7.11 Å². The van der Waals surface area contributed by atoms with Crippen LogP contribution in [0.3, 0.4) is 0 Å². The van der Waals surface area contributed by atoms with Gasteiger partial charge in [-0.1, -0.05) is 66.2 Å². The molecule has 0 radical (unpaired) electrons. The van der Waals surface area contributed by atoms with Crippen molar-refractivity contribution in [2.24, 2.45) is 0 Å². The number of carbonyl (C=O) groups excluding carboxylic acids is 1. The molecule has 0 aliphatic heterocycles. The molecule has 6 nitrogen and oxygen atoms in total. The van der Waals surface area contributed by atoms with Crippen LogP contribution >= 0.6 is 23.5 Å². The summed E-state index contributed by atoms with van der Waals surface area (Å²) in [5.74, 6) is -0.552. The van der Waals surface area contributed by atoms with Crippen LogP contribution in [0.25, 0.3) is 22.3 Å². The van der Waals surface area contributed by atoms with Gasteiger partial charge in [0.05, 0.1) is 12.5 Å². The third kappa shape index (κ3) is 6.19. The fourth-order valence-corrected chi connectivity index (χ4v) is 5.70. The summed E-state index contributed by atoms with van der Waals surface area (Å²) in [6.45, 7) is 1.67. The zero-order chi connectivity index (χ0) is 29.1. The molecule has 41 heavy (non-hydrogen) atoms. The summed E-state index contributed by atoms with van der Waals surface area (Å²) in [5.41, 5.74) is 4.02. The minimum absolute atomic E-state index is 0.403. The molecule has 0 spiro atoms. The first-order valence-corrected chi connectivity index (χ1v) is 14.1. The van der Waals surface area contributed by atoms with Crippen LogP contribution < -0.4 is 9.46 Å². The summed E-state index contributed by atoms with van der Waals surface area (Å²) in [7, 11) is 1.59. The van der Waals surface area contributed by atoms with Crippen LogP contribution in [0.5, 0.6) is 5.75 Å². The van der Waals surface area contributed by atoms with Gasteiger partial charge in [0.1, 0.15) is 17.7 Å². The largest absolute Gasteiger partial charge is 0.496 e. The molecule has 9 heteroatoms. The van der Waals surface area contributed by atoms with Crippen LogP contribution in [0.1, 0.15) is 37.0 Å². The highest BCUT2D eigenvalue weighted by Gasteiger charge is 2.51. The first-order valence-electron chi connectivity index (χ1n) is 12.9. The van der Waals surface area contributed by atoms with E-state index in [9.17, 15) is 19.1 Å². The van der Waals surface area contributed by atoms with Crippen molar-refractivity contribution in [2.45, 2.75) is 36.2 Å². The van der Waals surface area contributed by atoms with E-state index in [0.717, 1.165) is 39.8 Å². The summed E-state index contributed by atoms with van der Waals surface area (Å²) >= 11 is 7.34. The van der Waals surface area contributed by atoms with E-state index in [1.54, 1.807) is 38.3 Å². The molecule has 0 bridgehead atoms. The maximum atomic E-state index is 13.5. The number of benzene rings is 4. The van der Waals surface area contributed by atoms with Crippen LogP contribution in [0, 0.1) is 5.82 Å². The van der Waals surface area contributed by atoms with Gasteiger partial charge in [-0.3, -0.25) is 9.52 Å². The lowest BCUT2D eigenvalue weighted by atomic mass is 9.93. The average Bonchev–Trinajstić information content (AvgIpc) is 3.78. The topological polar surface area (TPSA) is 84.9 Å². The number of methoxy groups -OCH3 is 1. The maximum Gasteiger partial charge on any atom is 0.418 e. The molecular formula is C32H27ClFNO5S. The Kier molecular flexibility index (Phi) is 8.24. The van der Waals surface area contributed by atoms with Crippen LogP contribution in [0.4, 0.5) is 9.18 Å². The molecule has 0 saturated heterocycles. The van der Waals surface area contributed by atoms with Crippen molar-refractivity contribution in [3.05, 3.63) is 107 Å². The SMILES string of the molecule is COc1cc(-c2ccc(Cl)cc2SNC(=O)O[C@H](C)c2cccc(F)c2)ccc1-c1ccc(C2(C(=O)O)CC2)cc1. The highest BCUT2D eigenvalue weighted by molar-refractivity contribution is 7.98. The Morgan fingerprint density at radius 2 is 1.68 bits per heavy atom. The number of rotatable bonds is 9. The third-order valence-corrected chi connectivity index (χ3v) is 8.27. The maximum absolute atomic E-state index is 13.5. The zero-order valence-corrected chi connectivity index (χ0v) is 23.9. The summed E-state index contributed by atoms with van der Waals surface area (Å²) in [6.07, 6.45) is -0.0145. The lowest BCUT2D eigenvalue weighted by Gasteiger charge is -2.16. The van der Waals surface area contributed by atoms with Crippen LogP contribution in [0.15, 0.2) is 89.8 Å². The highest BCUT2D eigenvalue weighted by Crippen LogP contribution is 2.49. The fraction of sp³-hybridized carbons (Fsp3) is 0.188. The minimum atomic E-state index is -0.785. The molecule has 1 saturated carbocycles. The van der Waals surface area contributed by atoms with Crippen molar-refractivity contribution in [1.29, 1.82) is 0 Å². The molecule has 1 fully saturated rings. The van der Waals surface area contributed by atoms with Gasteiger partial charge in [-0.15, -0.1) is 0 Å². The minimum Gasteiger partial charge on any atom is -0.496 e. The molecule has 210 valence electrons. The molecule has 0 heterocycles. The second-order valence-corrected chi connectivity index (χ2v) is 11.1. The Bertz CT molecular complexity index is 1610. The number of ether oxygens (including phenoxy) is 2. The number of hydrogen-bond donors (Lipinski definition) is 2. The van der Waals surface area contributed by atoms with Crippen LogP contribution in [0.2, 0.25) is 5.02 Å². The van der Waals surface area contributed by atoms with E-state index in [4.69, 9.17) is 21.1 Å². The fourth-order valence-electron chi connectivity index (χ4n) is 4.74. The Labute approximate surface area is 246 Å². The summed E-state index contributed by atoms with van der Waals surface area (Å²) in [5, 5.41) is 10.1. The Morgan fingerprint density at radius 1 is 0.976 bits per heavy atom. The number of carboxylic acid groups (broad SMARTS) is 1. The number of carboxylic acids is 1. The van der Waals surface area contributed by atoms with Crippen molar-refractivity contribution < 1.29 is 28.6 Å². The van der Waals surface area contributed by atoms with Crippen LogP contribution in [-0.4, -0.2) is 24.3 Å². The van der Waals surface area contributed by atoms with E-state index >= 15 is 0 Å². The lowest BCUT2D eigenvalue weighted by Crippen LogP contribution is -2.19. The molecule has 1 aliphatic rings. The Hall–Kier alpha value is -4.01. The van der Waals surface area contributed by atoms with Gasteiger partial charge >= 0.3 is 12.1 Å². The molecular weight excluding hydrogens is 565 g/mol. The van der Waals surface area contributed by atoms with Gasteiger partial charge in [0.25, 0.3) is 0 Å². The van der Waals surface area contributed by atoms with Gasteiger partial charge in [-0.2, -0.15) is 0 Å². The van der Waals surface area contributed by atoms with Crippen molar-refractivity contribution >= 4 is 35.6 Å². The first kappa shape index (κ1) is 28.5. The molecule has 2 N–H and O–H groups in total. The van der Waals surface area contributed by atoms with Gasteiger partial charge in [-0.05, 0) is 89.9 Å². The van der Waals surface area contributed by atoms with Crippen LogP contribution in [-0.2, 0) is 14.9 Å². The second kappa shape index (κ2) is 11.8. The molecule has 1 amide bonds. The van der Waals surface area contributed by atoms with Gasteiger partial charge in [0, 0.05) is 15.5 Å². The summed E-state index contributed by atoms with van der Waals surface area (Å²) in [4.78, 5) is 24.9. The van der Waals surface area contributed by atoms with E-state index in [2.05, 4.69) is 4.72 Å². The van der Waals surface area contributed by atoms with Gasteiger partial charge in [-0.25, -0.2) is 9.18 Å². The Balaban J connectivity index is 1.34. The second-order valence-electron chi connectivity index (χ2n) is 9.83. The molecule has 0 unspecified atom stereocenters. The average molecular weight is 592 g/mol. The van der Waals surface area contributed by atoms with Gasteiger partial charge in [0.2, 0.25) is 0 Å². The number of hydrogen-bond acceptors (Lipinski definition) is 5. The predicted molar refractivity (Wildman–Crippen MR) is 158 cm³/mol. The van der Waals surface area contributed by atoms with E-state index in [1.165, 1.54) is 12.1 Å². The van der Waals surface area contributed by atoms with E-state index in [-0.39, 0.29) is 0 Å². The number of amides is 1. The van der Waals surface area contributed by atoms with Gasteiger partial charge in [0.15, 0.2) is 0 Å². The first-order chi connectivity index (χ1) is 19.7. The quantitative estimate of drug-likeness (QED) is 0.190. The predicted octanol–water partition coefficient (Wildman–Crippen LogP) is 8.43. The Morgan fingerprint density at radius 3 is 2.34 bits per heavy atom. The van der Waals surface area contributed by atoms with Gasteiger partial charge < -0.3 is 14.6 Å². The molecule has 5 rings (SSSR count).